The van der Waals surface area contributed by atoms with Gasteiger partial charge in [0.15, 0.2) is 0 Å². The first-order valence-corrected chi connectivity index (χ1v) is 5.91. The second-order valence-electron chi connectivity index (χ2n) is 5.19. The van der Waals surface area contributed by atoms with Gasteiger partial charge in [-0.05, 0) is 26.7 Å². The number of hydrogen-bond acceptors (Lipinski definition) is 2. The van der Waals surface area contributed by atoms with Gasteiger partial charge in [-0.3, -0.25) is 0 Å². The van der Waals surface area contributed by atoms with Gasteiger partial charge in [0.25, 0.3) is 0 Å². The van der Waals surface area contributed by atoms with E-state index in [1.54, 1.807) is 0 Å². The normalized spacial score (nSPS) is 21.1. The van der Waals surface area contributed by atoms with Crippen molar-refractivity contribution in [1.82, 2.24) is 10.2 Å². The number of halogens is 3. The molecular weight excluding hydrogens is 265 g/mol. The average Bonchev–Trinajstić information content (AvgIpc) is 2.27. The Bertz CT molecular complexity index is 369. The van der Waals surface area contributed by atoms with Crippen LogP contribution in [0.3, 0.4) is 0 Å². The van der Waals surface area contributed by atoms with Crippen LogP contribution in [-0.4, -0.2) is 46.8 Å². The van der Waals surface area contributed by atoms with Crippen molar-refractivity contribution in [2.24, 2.45) is 5.92 Å². The summed E-state index contributed by atoms with van der Waals surface area (Å²) in [5.41, 5.74) is -1.51. The van der Waals surface area contributed by atoms with Crippen LogP contribution in [0.25, 0.3) is 0 Å². The highest BCUT2D eigenvalue weighted by atomic mass is 19.4. The van der Waals surface area contributed by atoms with E-state index in [1.165, 1.54) is 13.8 Å². The summed E-state index contributed by atoms with van der Waals surface area (Å²) >= 11 is 0. The van der Waals surface area contributed by atoms with Gasteiger partial charge in [0, 0.05) is 13.1 Å². The summed E-state index contributed by atoms with van der Waals surface area (Å²) < 4.78 is 37.8. The van der Waals surface area contributed by atoms with Gasteiger partial charge in [-0.15, -0.1) is 0 Å². The molecule has 0 aromatic rings. The maximum absolute atomic E-state index is 12.6. The second-order valence-corrected chi connectivity index (χ2v) is 5.19. The molecule has 1 saturated heterocycles. The van der Waals surface area contributed by atoms with E-state index in [9.17, 15) is 22.8 Å². The maximum Gasteiger partial charge on any atom is 0.393 e. The molecule has 5 nitrogen and oxygen atoms in total. The molecule has 0 saturated carbocycles. The van der Waals surface area contributed by atoms with Gasteiger partial charge in [0.2, 0.25) is 0 Å². The number of urea groups is 1. The highest BCUT2D eigenvalue weighted by Crippen LogP contribution is 2.33. The monoisotopic (exact) mass is 282 g/mol. The molecule has 0 aromatic heterocycles. The van der Waals surface area contributed by atoms with Crippen LogP contribution in [0.15, 0.2) is 0 Å². The zero-order valence-electron chi connectivity index (χ0n) is 10.8. The van der Waals surface area contributed by atoms with Gasteiger partial charge < -0.3 is 15.3 Å². The topological polar surface area (TPSA) is 69.6 Å². The Kier molecular flexibility index (Phi) is 4.32. The lowest BCUT2D eigenvalue weighted by molar-refractivity contribution is -0.184. The van der Waals surface area contributed by atoms with Crippen LogP contribution in [0.1, 0.15) is 26.7 Å². The van der Waals surface area contributed by atoms with Gasteiger partial charge in [0.05, 0.1) is 5.92 Å². The van der Waals surface area contributed by atoms with Crippen molar-refractivity contribution in [2.45, 2.75) is 38.4 Å². The standard InChI is InChI=1S/C11H17F3N2O3/c1-10(2,8(17)18)15-9(19)16-5-3-4-7(6-16)11(12,13)14/h7H,3-6H2,1-2H3,(H,15,19)(H,17,18). The fourth-order valence-electron chi connectivity index (χ4n) is 1.83. The fraction of sp³-hybridized carbons (Fsp3) is 0.818. The van der Waals surface area contributed by atoms with Crippen LogP contribution in [0.4, 0.5) is 18.0 Å². The van der Waals surface area contributed by atoms with Crippen molar-refractivity contribution in [3.8, 4) is 0 Å². The average molecular weight is 282 g/mol. The maximum atomic E-state index is 12.6. The first-order chi connectivity index (χ1) is 8.54. The van der Waals surface area contributed by atoms with E-state index in [4.69, 9.17) is 5.11 Å². The smallest absolute Gasteiger partial charge is 0.393 e. The van der Waals surface area contributed by atoms with Gasteiger partial charge in [-0.2, -0.15) is 13.2 Å². The van der Waals surface area contributed by atoms with Crippen LogP contribution in [0, 0.1) is 5.92 Å². The number of carboxylic acids is 1. The van der Waals surface area contributed by atoms with Crippen LogP contribution in [0.5, 0.6) is 0 Å². The number of carboxylic acid groups (broad SMARTS) is 1. The van der Waals surface area contributed by atoms with E-state index in [0.717, 1.165) is 4.90 Å². The van der Waals surface area contributed by atoms with Crippen molar-refractivity contribution in [3.63, 3.8) is 0 Å². The SMILES string of the molecule is CC(C)(NC(=O)N1CCCC(C(F)(F)F)C1)C(=O)O. The number of aliphatic carboxylic acids is 1. The van der Waals surface area contributed by atoms with Crippen molar-refractivity contribution < 1.29 is 27.9 Å². The number of nitrogens with one attached hydrogen (secondary N) is 1. The van der Waals surface area contributed by atoms with Gasteiger partial charge in [-0.1, -0.05) is 0 Å². The molecule has 2 amide bonds. The molecule has 1 heterocycles. The number of likely N-dealkylation sites (tertiary alicyclic amines) is 1. The molecular formula is C11H17F3N2O3. The van der Waals surface area contributed by atoms with Crippen LogP contribution >= 0.6 is 0 Å². The Hall–Kier alpha value is -1.47. The van der Waals surface area contributed by atoms with Crippen molar-refractivity contribution >= 4 is 12.0 Å². The fourth-order valence-corrected chi connectivity index (χ4v) is 1.83. The van der Waals surface area contributed by atoms with Gasteiger partial charge in [-0.25, -0.2) is 9.59 Å². The summed E-state index contributed by atoms with van der Waals surface area (Å²) in [7, 11) is 0. The lowest BCUT2D eigenvalue weighted by Gasteiger charge is -2.35. The molecule has 8 heteroatoms. The van der Waals surface area contributed by atoms with E-state index in [0.29, 0.717) is 0 Å². The Labute approximate surface area is 108 Å². The lowest BCUT2D eigenvalue weighted by Crippen LogP contribution is -2.56. The summed E-state index contributed by atoms with van der Waals surface area (Å²) in [4.78, 5) is 23.6. The van der Waals surface area contributed by atoms with E-state index in [-0.39, 0.29) is 19.4 Å². The highest BCUT2D eigenvalue weighted by molar-refractivity contribution is 5.85. The first-order valence-electron chi connectivity index (χ1n) is 5.91. The molecule has 1 unspecified atom stereocenters. The van der Waals surface area contributed by atoms with Crippen molar-refractivity contribution in [1.29, 1.82) is 0 Å². The van der Waals surface area contributed by atoms with Gasteiger partial charge in [0.1, 0.15) is 5.54 Å². The molecule has 1 aliphatic rings. The molecule has 0 aromatic carbocycles. The molecule has 1 aliphatic heterocycles. The third-order valence-corrected chi connectivity index (χ3v) is 3.13. The molecule has 1 rings (SSSR count). The lowest BCUT2D eigenvalue weighted by atomic mass is 9.97. The third-order valence-electron chi connectivity index (χ3n) is 3.13. The molecule has 0 bridgehead atoms. The van der Waals surface area contributed by atoms with Crippen molar-refractivity contribution in [2.75, 3.05) is 13.1 Å². The largest absolute Gasteiger partial charge is 0.480 e. The summed E-state index contributed by atoms with van der Waals surface area (Å²) in [5, 5.41) is 11.1. The van der Waals surface area contributed by atoms with Crippen LogP contribution in [0.2, 0.25) is 0 Å². The molecule has 0 radical (unpaired) electrons. The number of nitrogens with zero attached hydrogens (tertiary/aromatic N) is 1. The minimum absolute atomic E-state index is 0.00436. The summed E-state index contributed by atoms with van der Waals surface area (Å²) in [6, 6.07) is -0.777. The zero-order chi connectivity index (χ0) is 14.8. The van der Waals surface area contributed by atoms with E-state index >= 15 is 0 Å². The minimum Gasteiger partial charge on any atom is -0.480 e. The summed E-state index contributed by atoms with van der Waals surface area (Å²) in [6.45, 7) is 2.33. The molecule has 1 fully saturated rings. The molecule has 19 heavy (non-hydrogen) atoms. The summed E-state index contributed by atoms with van der Waals surface area (Å²) in [6.07, 6.45) is -4.08. The van der Waals surface area contributed by atoms with E-state index in [1.807, 2.05) is 0 Å². The first kappa shape index (κ1) is 15.6. The predicted molar refractivity (Wildman–Crippen MR) is 60.6 cm³/mol. The Morgan fingerprint density at radius 1 is 1.32 bits per heavy atom. The highest BCUT2D eigenvalue weighted by Gasteiger charge is 2.43. The Balaban J connectivity index is 2.65. The van der Waals surface area contributed by atoms with Gasteiger partial charge >= 0.3 is 18.2 Å². The predicted octanol–water partition coefficient (Wildman–Crippen LogP) is 1.83. The number of carbonyl (C=O) groups is 2. The second kappa shape index (κ2) is 5.26. The number of hydrogen-bond donors (Lipinski definition) is 2. The Morgan fingerprint density at radius 3 is 2.37 bits per heavy atom. The number of amides is 2. The van der Waals surface area contributed by atoms with Crippen LogP contribution < -0.4 is 5.32 Å². The van der Waals surface area contributed by atoms with E-state index < -0.39 is 36.2 Å². The Morgan fingerprint density at radius 2 is 1.89 bits per heavy atom. The third kappa shape index (κ3) is 4.00. The zero-order valence-corrected chi connectivity index (χ0v) is 10.8. The van der Waals surface area contributed by atoms with Crippen LogP contribution in [-0.2, 0) is 4.79 Å². The minimum atomic E-state index is -4.33. The molecule has 2 N–H and O–H groups in total. The number of rotatable bonds is 2. The number of alkyl halides is 3. The van der Waals surface area contributed by atoms with Crippen molar-refractivity contribution in [3.05, 3.63) is 0 Å². The quantitative estimate of drug-likeness (QED) is 0.812. The summed E-state index contributed by atoms with van der Waals surface area (Å²) in [5.74, 6) is -2.79. The van der Waals surface area contributed by atoms with E-state index in [2.05, 4.69) is 5.32 Å². The molecule has 0 spiro atoms. The molecule has 110 valence electrons. The number of piperidine rings is 1. The molecule has 1 atom stereocenters. The number of carbonyl (C=O) groups excluding carboxylic acids is 1. The molecule has 0 aliphatic carbocycles.